The van der Waals surface area contributed by atoms with Crippen LogP contribution >= 0.6 is 12.2 Å². The van der Waals surface area contributed by atoms with Gasteiger partial charge >= 0.3 is 0 Å². The molecule has 1 aromatic rings. The highest BCUT2D eigenvalue weighted by Crippen LogP contribution is 2.17. The summed E-state index contributed by atoms with van der Waals surface area (Å²) in [4.78, 5) is 7.05. The van der Waals surface area contributed by atoms with Crippen molar-refractivity contribution < 1.29 is 0 Å². The van der Waals surface area contributed by atoms with E-state index in [1.165, 1.54) is 19.4 Å². The molecule has 1 aromatic heterocycles. The van der Waals surface area contributed by atoms with Crippen LogP contribution in [0.15, 0.2) is 18.3 Å². The van der Waals surface area contributed by atoms with Crippen molar-refractivity contribution in [3.8, 4) is 0 Å². The van der Waals surface area contributed by atoms with E-state index in [4.69, 9.17) is 18.0 Å². The van der Waals surface area contributed by atoms with E-state index in [1.807, 2.05) is 12.1 Å². The molecule has 0 aliphatic carbocycles. The first-order valence-corrected chi connectivity index (χ1v) is 6.28. The number of anilines is 1. The third-order valence-electron chi connectivity index (χ3n) is 3.25. The minimum Gasteiger partial charge on any atom is -0.389 e. The van der Waals surface area contributed by atoms with Gasteiger partial charge in [-0.25, -0.2) is 4.98 Å². The molecule has 5 heteroatoms. The van der Waals surface area contributed by atoms with Crippen LogP contribution in [0, 0.1) is 0 Å². The van der Waals surface area contributed by atoms with Crippen molar-refractivity contribution in [1.82, 2.24) is 9.88 Å². The molecular formula is C12H18N4S. The second kappa shape index (κ2) is 5.42. The maximum absolute atomic E-state index is 5.67. The Bertz CT molecular complexity index is 407. The van der Waals surface area contributed by atoms with Gasteiger partial charge in [-0.3, -0.25) is 0 Å². The van der Waals surface area contributed by atoms with Crippen molar-refractivity contribution in [3.05, 3.63) is 23.9 Å². The second-order valence-corrected chi connectivity index (χ2v) is 4.86. The first-order chi connectivity index (χ1) is 8.18. The number of thiocarbonyl (C=S) groups is 1. The highest BCUT2D eigenvalue weighted by atomic mass is 32.1. The third kappa shape index (κ3) is 2.92. The van der Waals surface area contributed by atoms with Crippen molar-refractivity contribution >= 4 is 23.0 Å². The highest BCUT2D eigenvalue weighted by Gasteiger charge is 2.20. The quantitative estimate of drug-likeness (QED) is 0.787. The average Bonchev–Trinajstić information content (AvgIpc) is 2.72. The summed E-state index contributed by atoms with van der Waals surface area (Å²) < 4.78 is 0. The Hall–Kier alpha value is -1.20. The molecule has 0 radical (unpaired) electrons. The SMILES string of the molecule is CN1CCCC1CNc1ncccc1C(N)=S. The van der Waals surface area contributed by atoms with E-state index in [0.29, 0.717) is 11.0 Å². The fourth-order valence-electron chi connectivity index (χ4n) is 2.20. The lowest BCUT2D eigenvalue weighted by molar-refractivity contribution is 0.322. The summed E-state index contributed by atoms with van der Waals surface area (Å²) in [5.74, 6) is 0.792. The molecule has 2 heterocycles. The molecule has 0 saturated carbocycles. The monoisotopic (exact) mass is 250 g/mol. The predicted octanol–water partition coefficient (Wildman–Crippen LogP) is 1.22. The summed E-state index contributed by atoms with van der Waals surface area (Å²) in [5, 5.41) is 3.35. The van der Waals surface area contributed by atoms with Gasteiger partial charge in [-0.15, -0.1) is 0 Å². The molecule has 0 amide bonds. The molecule has 1 unspecified atom stereocenters. The smallest absolute Gasteiger partial charge is 0.136 e. The van der Waals surface area contributed by atoms with E-state index < -0.39 is 0 Å². The summed E-state index contributed by atoms with van der Waals surface area (Å²) >= 11 is 5.01. The van der Waals surface area contributed by atoms with Gasteiger partial charge in [0.2, 0.25) is 0 Å². The molecule has 1 atom stereocenters. The van der Waals surface area contributed by atoms with Gasteiger partial charge in [0.25, 0.3) is 0 Å². The van der Waals surface area contributed by atoms with E-state index in [-0.39, 0.29) is 0 Å². The molecule has 1 aliphatic heterocycles. The minimum absolute atomic E-state index is 0.389. The first kappa shape index (κ1) is 12.3. The van der Waals surface area contributed by atoms with Crippen molar-refractivity contribution in [2.75, 3.05) is 25.5 Å². The Morgan fingerprint density at radius 3 is 3.18 bits per heavy atom. The largest absolute Gasteiger partial charge is 0.389 e. The van der Waals surface area contributed by atoms with Crippen LogP contribution in [0.4, 0.5) is 5.82 Å². The van der Waals surface area contributed by atoms with Gasteiger partial charge in [-0.1, -0.05) is 12.2 Å². The molecule has 1 aliphatic rings. The minimum atomic E-state index is 0.389. The number of pyridine rings is 1. The molecule has 4 nitrogen and oxygen atoms in total. The Labute approximate surface area is 107 Å². The van der Waals surface area contributed by atoms with Crippen molar-refractivity contribution in [3.63, 3.8) is 0 Å². The van der Waals surface area contributed by atoms with Crippen LogP contribution in [-0.4, -0.2) is 41.1 Å². The third-order valence-corrected chi connectivity index (χ3v) is 3.47. The Morgan fingerprint density at radius 2 is 2.53 bits per heavy atom. The van der Waals surface area contributed by atoms with E-state index in [1.54, 1.807) is 6.20 Å². The Kier molecular flexibility index (Phi) is 3.91. The van der Waals surface area contributed by atoms with Gasteiger partial charge in [-0.05, 0) is 38.6 Å². The predicted molar refractivity (Wildman–Crippen MR) is 74.3 cm³/mol. The number of nitrogens with one attached hydrogen (secondary N) is 1. The summed E-state index contributed by atoms with van der Waals surface area (Å²) in [7, 11) is 2.16. The summed E-state index contributed by atoms with van der Waals surface area (Å²) in [5.41, 5.74) is 6.49. The molecule has 1 saturated heterocycles. The van der Waals surface area contributed by atoms with Crippen LogP contribution in [0.25, 0.3) is 0 Å². The van der Waals surface area contributed by atoms with Crippen LogP contribution in [0.3, 0.4) is 0 Å². The van der Waals surface area contributed by atoms with E-state index >= 15 is 0 Å². The number of aromatic nitrogens is 1. The zero-order valence-corrected chi connectivity index (χ0v) is 10.8. The lowest BCUT2D eigenvalue weighted by atomic mass is 10.2. The summed E-state index contributed by atoms with van der Waals surface area (Å²) in [6.45, 7) is 2.07. The van der Waals surface area contributed by atoms with E-state index in [9.17, 15) is 0 Å². The van der Waals surface area contributed by atoms with Gasteiger partial charge in [0.05, 0.1) is 5.56 Å². The molecule has 0 aromatic carbocycles. The average molecular weight is 250 g/mol. The molecule has 0 bridgehead atoms. The van der Waals surface area contributed by atoms with Crippen LogP contribution in [0.1, 0.15) is 18.4 Å². The molecule has 17 heavy (non-hydrogen) atoms. The number of rotatable bonds is 4. The normalized spacial score (nSPS) is 20.4. The van der Waals surface area contributed by atoms with Crippen LogP contribution < -0.4 is 11.1 Å². The lowest BCUT2D eigenvalue weighted by Gasteiger charge is -2.20. The lowest BCUT2D eigenvalue weighted by Crippen LogP contribution is -2.32. The molecule has 3 N–H and O–H groups in total. The molecule has 92 valence electrons. The number of hydrogen-bond acceptors (Lipinski definition) is 4. The van der Waals surface area contributed by atoms with Gasteiger partial charge in [0, 0.05) is 18.8 Å². The molecule has 2 rings (SSSR count). The van der Waals surface area contributed by atoms with E-state index in [0.717, 1.165) is 17.9 Å². The van der Waals surface area contributed by atoms with E-state index in [2.05, 4.69) is 22.2 Å². The Balaban J connectivity index is 2.01. The van der Waals surface area contributed by atoms with Gasteiger partial charge in [0.15, 0.2) is 0 Å². The second-order valence-electron chi connectivity index (χ2n) is 4.42. The van der Waals surface area contributed by atoms with Gasteiger partial charge in [-0.2, -0.15) is 0 Å². The summed E-state index contributed by atoms with van der Waals surface area (Å²) in [6.07, 6.45) is 4.26. The topological polar surface area (TPSA) is 54.2 Å². The molecular weight excluding hydrogens is 232 g/mol. The maximum Gasteiger partial charge on any atom is 0.136 e. The van der Waals surface area contributed by atoms with Gasteiger partial charge in [0.1, 0.15) is 10.8 Å². The van der Waals surface area contributed by atoms with Crippen LogP contribution in [0.5, 0.6) is 0 Å². The van der Waals surface area contributed by atoms with Crippen molar-refractivity contribution in [1.29, 1.82) is 0 Å². The Morgan fingerprint density at radius 1 is 1.71 bits per heavy atom. The van der Waals surface area contributed by atoms with Crippen LogP contribution in [0.2, 0.25) is 0 Å². The van der Waals surface area contributed by atoms with Crippen molar-refractivity contribution in [2.45, 2.75) is 18.9 Å². The number of likely N-dealkylation sites (tertiary alicyclic amines) is 1. The molecule has 0 spiro atoms. The fraction of sp³-hybridized carbons (Fsp3) is 0.500. The highest BCUT2D eigenvalue weighted by molar-refractivity contribution is 7.80. The number of nitrogens with zero attached hydrogens (tertiary/aromatic N) is 2. The van der Waals surface area contributed by atoms with Crippen molar-refractivity contribution in [2.24, 2.45) is 5.73 Å². The zero-order valence-electron chi connectivity index (χ0n) is 10.0. The summed E-state index contributed by atoms with van der Waals surface area (Å²) in [6, 6.07) is 4.33. The first-order valence-electron chi connectivity index (χ1n) is 5.87. The number of likely N-dealkylation sites (N-methyl/N-ethyl adjacent to an activating group) is 1. The molecule has 1 fully saturated rings. The number of hydrogen-bond donors (Lipinski definition) is 2. The van der Waals surface area contributed by atoms with Crippen LogP contribution in [-0.2, 0) is 0 Å². The standard InChI is InChI=1S/C12H18N4S/c1-16-7-3-4-9(16)8-15-12-10(11(13)17)5-2-6-14-12/h2,5-6,9H,3-4,7-8H2,1H3,(H2,13,17)(H,14,15). The maximum atomic E-state index is 5.67. The fourth-order valence-corrected chi connectivity index (χ4v) is 2.36. The van der Waals surface area contributed by atoms with Gasteiger partial charge < -0.3 is 16.0 Å². The number of nitrogens with two attached hydrogens (primary N) is 1. The zero-order chi connectivity index (χ0) is 12.3.